The molecule has 0 spiro atoms. The number of carbonyl (C=O) groups excluding carboxylic acids is 1. The molecule has 1 amide bonds. The van der Waals surface area contributed by atoms with Crippen LogP contribution in [0.3, 0.4) is 0 Å². The van der Waals surface area contributed by atoms with E-state index in [0.717, 1.165) is 16.5 Å². The Morgan fingerprint density at radius 3 is 2.59 bits per heavy atom. The van der Waals surface area contributed by atoms with Gasteiger partial charge in [-0.2, -0.15) is 5.06 Å². The second kappa shape index (κ2) is 9.99. The molecule has 0 saturated carbocycles. The average Bonchev–Trinajstić information content (AvgIpc) is 3.34. The van der Waals surface area contributed by atoms with E-state index in [9.17, 15) is 20.1 Å². The number of amides is 1. The fourth-order valence-corrected chi connectivity index (χ4v) is 3.94. The molecule has 3 aromatic rings. The SMILES string of the molecule is O=C(N[C@@H](Cc1ccccc1)[C@@H](O)CON1C[C@@H](O)[C@@H](O)C1)c1cc2cc(Cl)ccc2[nH]1. The van der Waals surface area contributed by atoms with Crippen LogP contribution in [0, 0.1) is 0 Å². The zero-order valence-corrected chi connectivity index (χ0v) is 18.1. The van der Waals surface area contributed by atoms with Crippen molar-refractivity contribution in [2.45, 2.75) is 30.8 Å². The Labute approximate surface area is 190 Å². The van der Waals surface area contributed by atoms with Crippen molar-refractivity contribution in [3.63, 3.8) is 0 Å². The Hall–Kier alpha value is -2.46. The molecule has 4 atom stereocenters. The van der Waals surface area contributed by atoms with Crippen LogP contribution in [0.2, 0.25) is 5.02 Å². The van der Waals surface area contributed by atoms with Gasteiger partial charge in [0, 0.05) is 15.9 Å². The van der Waals surface area contributed by atoms with Gasteiger partial charge in [-0.05, 0) is 36.2 Å². The minimum absolute atomic E-state index is 0.0977. The van der Waals surface area contributed by atoms with Crippen molar-refractivity contribution >= 4 is 28.4 Å². The molecule has 2 aromatic carbocycles. The summed E-state index contributed by atoms with van der Waals surface area (Å²) in [6.07, 6.45) is -2.40. The minimum Gasteiger partial charge on any atom is -0.389 e. The largest absolute Gasteiger partial charge is 0.389 e. The summed E-state index contributed by atoms with van der Waals surface area (Å²) in [4.78, 5) is 21.6. The lowest BCUT2D eigenvalue weighted by atomic mass is 10.0. The molecular weight excluding hydrogens is 434 g/mol. The van der Waals surface area contributed by atoms with Crippen LogP contribution in [-0.2, 0) is 11.3 Å². The molecule has 1 aliphatic heterocycles. The first kappa shape index (κ1) is 22.7. The first-order valence-corrected chi connectivity index (χ1v) is 10.8. The first-order chi connectivity index (χ1) is 15.4. The first-order valence-electron chi connectivity index (χ1n) is 10.4. The molecule has 1 saturated heterocycles. The van der Waals surface area contributed by atoms with Crippen LogP contribution < -0.4 is 5.32 Å². The number of nitrogens with zero attached hydrogens (tertiary/aromatic N) is 1. The lowest BCUT2D eigenvalue weighted by molar-refractivity contribution is -0.173. The number of aliphatic hydroxyl groups excluding tert-OH is 3. The maximum Gasteiger partial charge on any atom is 0.268 e. The lowest BCUT2D eigenvalue weighted by Crippen LogP contribution is -2.47. The third-order valence-electron chi connectivity index (χ3n) is 5.56. The van der Waals surface area contributed by atoms with E-state index in [-0.39, 0.29) is 25.6 Å². The summed E-state index contributed by atoms with van der Waals surface area (Å²) in [5, 5.41) is 35.8. The lowest BCUT2D eigenvalue weighted by Gasteiger charge is -2.26. The fourth-order valence-electron chi connectivity index (χ4n) is 3.76. The van der Waals surface area contributed by atoms with E-state index in [1.165, 1.54) is 5.06 Å². The summed E-state index contributed by atoms with van der Waals surface area (Å²) in [7, 11) is 0. The Bertz CT molecular complexity index is 1050. The molecule has 1 aromatic heterocycles. The highest BCUT2D eigenvalue weighted by atomic mass is 35.5. The van der Waals surface area contributed by atoms with Crippen LogP contribution in [-0.4, -0.2) is 75.3 Å². The standard InChI is InChI=1S/C23H26ClN3O5/c24-16-6-7-17-15(9-16)10-19(25-17)23(31)26-18(8-14-4-2-1-3-5-14)22(30)13-32-27-11-20(28)21(29)12-27/h1-7,9-10,18,20-22,25,28-30H,8,11-13H2,(H,26,31)/t18-,20-,21+,22-/m0/s1. The van der Waals surface area contributed by atoms with Gasteiger partial charge < -0.3 is 25.6 Å². The predicted molar refractivity (Wildman–Crippen MR) is 120 cm³/mol. The quantitative estimate of drug-likeness (QED) is 0.348. The molecule has 0 unspecified atom stereocenters. The number of hydroxylamine groups is 2. The van der Waals surface area contributed by atoms with Crippen molar-refractivity contribution in [3.05, 3.63) is 70.9 Å². The summed E-state index contributed by atoms with van der Waals surface area (Å²) in [6.45, 7) is 0.210. The van der Waals surface area contributed by atoms with Crippen molar-refractivity contribution < 1.29 is 25.0 Å². The van der Waals surface area contributed by atoms with Crippen LogP contribution in [0.5, 0.6) is 0 Å². The van der Waals surface area contributed by atoms with E-state index in [2.05, 4.69) is 10.3 Å². The van der Waals surface area contributed by atoms with E-state index < -0.39 is 24.4 Å². The van der Waals surface area contributed by atoms with E-state index in [1.54, 1.807) is 24.3 Å². The Kier molecular flexibility index (Phi) is 7.10. The zero-order valence-electron chi connectivity index (χ0n) is 17.3. The number of hydrogen-bond acceptors (Lipinski definition) is 6. The smallest absolute Gasteiger partial charge is 0.268 e. The highest BCUT2D eigenvalue weighted by molar-refractivity contribution is 6.31. The Morgan fingerprint density at radius 2 is 1.88 bits per heavy atom. The molecule has 5 N–H and O–H groups in total. The number of aliphatic hydroxyl groups is 3. The van der Waals surface area contributed by atoms with E-state index >= 15 is 0 Å². The number of halogens is 1. The molecule has 8 nitrogen and oxygen atoms in total. The molecule has 32 heavy (non-hydrogen) atoms. The number of aromatic nitrogens is 1. The van der Waals surface area contributed by atoms with Crippen molar-refractivity contribution in [1.29, 1.82) is 0 Å². The topological polar surface area (TPSA) is 118 Å². The van der Waals surface area contributed by atoms with Gasteiger partial charge in [0.25, 0.3) is 5.91 Å². The molecule has 0 aliphatic carbocycles. The van der Waals surface area contributed by atoms with E-state index in [4.69, 9.17) is 16.4 Å². The minimum atomic E-state index is -1.02. The summed E-state index contributed by atoms with van der Waals surface area (Å²) in [5.74, 6) is -0.357. The van der Waals surface area contributed by atoms with Gasteiger partial charge in [0.2, 0.25) is 0 Å². The third-order valence-corrected chi connectivity index (χ3v) is 5.80. The van der Waals surface area contributed by atoms with Gasteiger partial charge in [0.15, 0.2) is 0 Å². The second-order valence-electron chi connectivity index (χ2n) is 8.03. The van der Waals surface area contributed by atoms with Gasteiger partial charge >= 0.3 is 0 Å². The number of rotatable bonds is 8. The Morgan fingerprint density at radius 1 is 1.16 bits per heavy atom. The van der Waals surface area contributed by atoms with Crippen molar-refractivity contribution in [3.8, 4) is 0 Å². The number of benzene rings is 2. The third kappa shape index (κ3) is 5.47. The predicted octanol–water partition coefficient (Wildman–Crippen LogP) is 1.49. The normalized spacial score (nSPS) is 21.0. The molecule has 0 bridgehead atoms. The van der Waals surface area contributed by atoms with Gasteiger partial charge in [-0.1, -0.05) is 41.9 Å². The molecule has 170 valence electrons. The van der Waals surface area contributed by atoms with Gasteiger partial charge in [0.1, 0.15) is 5.69 Å². The van der Waals surface area contributed by atoms with Gasteiger partial charge in [-0.25, -0.2) is 0 Å². The maximum atomic E-state index is 12.9. The molecule has 1 fully saturated rings. The Balaban J connectivity index is 1.45. The molecule has 4 rings (SSSR count). The van der Waals surface area contributed by atoms with Gasteiger partial charge in [0.05, 0.1) is 44.1 Å². The van der Waals surface area contributed by atoms with Crippen LogP contribution in [0.4, 0.5) is 0 Å². The number of nitrogens with one attached hydrogen (secondary N) is 2. The van der Waals surface area contributed by atoms with Crippen LogP contribution in [0.25, 0.3) is 10.9 Å². The van der Waals surface area contributed by atoms with Crippen molar-refractivity contribution in [2.24, 2.45) is 0 Å². The molecule has 9 heteroatoms. The molecule has 2 heterocycles. The molecular formula is C23H26ClN3O5. The number of aromatic amines is 1. The van der Waals surface area contributed by atoms with Crippen molar-refractivity contribution in [1.82, 2.24) is 15.4 Å². The summed E-state index contributed by atoms with van der Waals surface area (Å²) >= 11 is 6.03. The number of H-pyrrole nitrogens is 1. The molecule has 1 aliphatic rings. The summed E-state index contributed by atoms with van der Waals surface area (Å²) in [6, 6.07) is 15.9. The number of β-amino-alcohol motifs (C(OH)–C–C–N with tert-alkyl or cyclic N) is 2. The van der Waals surface area contributed by atoms with E-state index in [0.29, 0.717) is 17.1 Å². The highest BCUT2D eigenvalue weighted by Gasteiger charge is 2.31. The highest BCUT2D eigenvalue weighted by Crippen LogP contribution is 2.20. The van der Waals surface area contributed by atoms with Gasteiger partial charge in [-0.15, -0.1) is 0 Å². The summed E-state index contributed by atoms with van der Waals surface area (Å²) in [5.41, 5.74) is 2.10. The van der Waals surface area contributed by atoms with Crippen LogP contribution in [0.15, 0.2) is 54.6 Å². The summed E-state index contributed by atoms with van der Waals surface area (Å²) < 4.78 is 0. The average molecular weight is 460 g/mol. The monoisotopic (exact) mass is 459 g/mol. The zero-order chi connectivity index (χ0) is 22.7. The van der Waals surface area contributed by atoms with E-state index in [1.807, 2.05) is 30.3 Å². The fraction of sp³-hybridized carbons (Fsp3) is 0.348. The molecule has 0 radical (unpaired) electrons. The van der Waals surface area contributed by atoms with Crippen LogP contribution in [0.1, 0.15) is 16.1 Å². The number of hydrogen-bond donors (Lipinski definition) is 5. The number of carbonyl (C=O) groups is 1. The number of fused-ring (bicyclic) bond motifs is 1. The second-order valence-corrected chi connectivity index (χ2v) is 8.47. The van der Waals surface area contributed by atoms with Gasteiger partial charge in [-0.3, -0.25) is 9.63 Å². The van der Waals surface area contributed by atoms with Crippen molar-refractivity contribution in [2.75, 3.05) is 19.7 Å². The maximum absolute atomic E-state index is 12.9. The van der Waals surface area contributed by atoms with Crippen LogP contribution >= 0.6 is 11.6 Å².